The molecule has 7 nitrogen and oxygen atoms in total. The molecule has 1 aliphatic carbocycles. The van der Waals surface area contributed by atoms with Gasteiger partial charge in [-0.1, -0.05) is 30.9 Å². The molecule has 0 saturated heterocycles. The summed E-state index contributed by atoms with van der Waals surface area (Å²) in [5.74, 6) is 0.489. The van der Waals surface area contributed by atoms with E-state index in [-0.39, 0.29) is 28.2 Å². The maximum Gasteiger partial charge on any atom is 0.262 e. The van der Waals surface area contributed by atoms with Crippen molar-refractivity contribution >= 4 is 38.9 Å². The van der Waals surface area contributed by atoms with Gasteiger partial charge in [0.2, 0.25) is 5.91 Å². The Hall–Kier alpha value is -2.45. The summed E-state index contributed by atoms with van der Waals surface area (Å²) < 4.78 is 38.7. The van der Waals surface area contributed by atoms with Gasteiger partial charge in [0.15, 0.2) is 0 Å². The fraction of sp³-hybridized carbons (Fsp3) is 0.381. The number of sulfonamides is 1. The highest BCUT2D eigenvalue weighted by Crippen LogP contribution is 2.38. The zero-order valence-electron chi connectivity index (χ0n) is 16.9. The summed E-state index contributed by atoms with van der Waals surface area (Å²) in [6.07, 6.45) is 4.98. The Morgan fingerprint density at radius 2 is 1.53 bits per heavy atom. The highest BCUT2D eigenvalue weighted by molar-refractivity contribution is 7.92. The van der Waals surface area contributed by atoms with Crippen molar-refractivity contribution in [3.8, 4) is 11.5 Å². The first-order chi connectivity index (χ1) is 14.3. The van der Waals surface area contributed by atoms with Crippen LogP contribution < -0.4 is 19.5 Å². The van der Waals surface area contributed by atoms with Gasteiger partial charge in [0, 0.05) is 23.1 Å². The number of carbonyl (C=O) groups excluding carboxylic acids is 1. The smallest absolute Gasteiger partial charge is 0.262 e. The molecule has 30 heavy (non-hydrogen) atoms. The van der Waals surface area contributed by atoms with Gasteiger partial charge in [-0.3, -0.25) is 9.52 Å². The normalized spacial score (nSPS) is 14.8. The number of nitrogens with one attached hydrogen (secondary N) is 2. The monoisotopic (exact) mass is 452 g/mol. The second-order valence-corrected chi connectivity index (χ2v) is 9.26. The largest absolute Gasteiger partial charge is 0.494 e. The molecule has 2 N–H and O–H groups in total. The lowest BCUT2D eigenvalue weighted by Gasteiger charge is -2.22. The number of rotatable bonds is 7. The van der Waals surface area contributed by atoms with E-state index >= 15 is 0 Å². The Labute approximate surface area is 181 Å². The predicted octanol–water partition coefficient (Wildman–Crippen LogP) is 4.68. The van der Waals surface area contributed by atoms with Gasteiger partial charge in [-0.2, -0.15) is 0 Å². The van der Waals surface area contributed by atoms with Crippen molar-refractivity contribution in [1.82, 2.24) is 0 Å². The van der Waals surface area contributed by atoms with Crippen molar-refractivity contribution in [3.05, 3.63) is 41.4 Å². The van der Waals surface area contributed by atoms with Gasteiger partial charge in [-0.05, 0) is 37.1 Å². The van der Waals surface area contributed by atoms with Crippen LogP contribution in [0.3, 0.4) is 0 Å². The average molecular weight is 453 g/mol. The molecule has 0 spiro atoms. The number of methoxy groups -OCH3 is 2. The van der Waals surface area contributed by atoms with E-state index in [4.69, 9.17) is 21.1 Å². The van der Waals surface area contributed by atoms with Crippen LogP contribution in [0, 0.1) is 5.92 Å². The van der Waals surface area contributed by atoms with Gasteiger partial charge in [-0.15, -0.1) is 0 Å². The van der Waals surface area contributed by atoms with Crippen LogP contribution in [0.4, 0.5) is 11.4 Å². The SMILES string of the molecule is COc1cc(NS(=O)(=O)c2ccc(Cl)cc2)c(OC)cc1NC(=O)C1CCCCC1. The Bertz CT molecular complexity index is 1000. The predicted molar refractivity (Wildman–Crippen MR) is 117 cm³/mol. The van der Waals surface area contributed by atoms with Crippen LogP contribution in [0.1, 0.15) is 32.1 Å². The molecule has 1 aliphatic rings. The van der Waals surface area contributed by atoms with Gasteiger partial charge >= 0.3 is 0 Å². The van der Waals surface area contributed by atoms with Crippen LogP contribution in [0.15, 0.2) is 41.3 Å². The molecule has 0 atom stereocenters. The summed E-state index contributed by atoms with van der Waals surface area (Å²) in [7, 11) is -0.993. The Morgan fingerprint density at radius 1 is 0.967 bits per heavy atom. The molecule has 9 heteroatoms. The summed E-state index contributed by atoms with van der Waals surface area (Å²) in [5.41, 5.74) is 0.624. The molecule has 0 heterocycles. The number of anilines is 2. The molecule has 2 aromatic rings. The lowest BCUT2D eigenvalue weighted by atomic mass is 9.88. The van der Waals surface area contributed by atoms with E-state index in [0.717, 1.165) is 32.1 Å². The quantitative estimate of drug-likeness (QED) is 0.636. The second kappa shape index (κ2) is 9.57. The minimum absolute atomic E-state index is 0.0301. The zero-order valence-corrected chi connectivity index (χ0v) is 18.5. The van der Waals surface area contributed by atoms with Crippen LogP contribution in [0.25, 0.3) is 0 Å². The van der Waals surface area contributed by atoms with Crippen molar-refractivity contribution in [2.45, 2.75) is 37.0 Å². The standard InChI is InChI=1S/C21H25ClN2O5S/c1-28-19-13-18(24-30(26,27)16-10-8-15(22)9-11-16)20(29-2)12-17(19)23-21(25)14-6-4-3-5-7-14/h8-14,24H,3-7H2,1-2H3,(H,23,25). The maximum atomic E-state index is 12.7. The summed E-state index contributed by atoms with van der Waals surface area (Å²) in [6, 6.07) is 8.86. The third-order valence-electron chi connectivity index (χ3n) is 5.12. The average Bonchev–Trinajstić information content (AvgIpc) is 2.75. The summed E-state index contributed by atoms with van der Waals surface area (Å²) in [6.45, 7) is 0. The molecule has 3 rings (SSSR count). The first-order valence-electron chi connectivity index (χ1n) is 9.69. The lowest BCUT2D eigenvalue weighted by molar-refractivity contribution is -0.120. The maximum absolute atomic E-state index is 12.7. The molecule has 1 fully saturated rings. The molecule has 0 aromatic heterocycles. The minimum Gasteiger partial charge on any atom is -0.494 e. The molecule has 0 unspecified atom stereocenters. The number of amides is 1. The fourth-order valence-electron chi connectivity index (χ4n) is 3.49. The van der Waals surface area contributed by atoms with Crippen molar-refractivity contribution in [1.29, 1.82) is 0 Å². The van der Waals surface area contributed by atoms with Crippen molar-refractivity contribution < 1.29 is 22.7 Å². The van der Waals surface area contributed by atoms with E-state index in [1.54, 1.807) is 6.07 Å². The molecule has 1 saturated carbocycles. The number of hydrogen-bond donors (Lipinski definition) is 2. The number of halogens is 1. The molecule has 162 valence electrons. The number of hydrogen-bond acceptors (Lipinski definition) is 5. The second-order valence-electron chi connectivity index (χ2n) is 7.14. The molecule has 0 bridgehead atoms. The first kappa shape index (κ1) is 22.2. The number of carbonyl (C=O) groups is 1. The van der Waals surface area contributed by atoms with E-state index in [9.17, 15) is 13.2 Å². The van der Waals surface area contributed by atoms with Gasteiger partial charge in [0.05, 0.1) is 30.5 Å². The molecule has 2 aromatic carbocycles. The Morgan fingerprint density at radius 3 is 2.13 bits per heavy atom. The third-order valence-corrected chi connectivity index (χ3v) is 6.76. The van der Waals surface area contributed by atoms with E-state index < -0.39 is 10.0 Å². The fourth-order valence-corrected chi connectivity index (χ4v) is 4.68. The molecule has 0 aliphatic heterocycles. The van der Waals surface area contributed by atoms with Crippen LogP contribution in [0.5, 0.6) is 11.5 Å². The molecule has 1 amide bonds. The van der Waals surface area contributed by atoms with Gasteiger partial charge < -0.3 is 14.8 Å². The topological polar surface area (TPSA) is 93.7 Å². The first-order valence-corrected chi connectivity index (χ1v) is 11.6. The van der Waals surface area contributed by atoms with Crippen LogP contribution in [0.2, 0.25) is 5.02 Å². The highest BCUT2D eigenvalue weighted by Gasteiger charge is 2.24. The zero-order chi connectivity index (χ0) is 21.7. The van der Waals surface area contributed by atoms with Crippen LogP contribution >= 0.6 is 11.6 Å². The van der Waals surface area contributed by atoms with Crippen molar-refractivity contribution in [3.63, 3.8) is 0 Å². The number of benzene rings is 2. The van der Waals surface area contributed by atoms with E-state index in [2.05, 4.69) is 10.0 Å². The number of ether oxygens (including phenoxy) is 2. The minimum atomic E-state index is -3.87. The van der Waals surface area contributed by atoms with Gasteiger partial charge in [0.25, 0.3) is 10.0 Å². The Balaban J connectivity index is 1.87. The highest BCUT2D eigenvalue weighted by atomic mass is 35.5. The van der Waals surface area contributed by atoms with Crippen LogP contribution in [-0.2, 0) is 14.8 Å². The summed E-state index contributed by atoms with van der Waals surface area (Å²) in [4.78, 5) is 12.7. The lowest BCUT2D eigenvalue weighted by Crippen LogP contribution is -2.25. The summed E-state index contributed by atoms with van der Waals surface area (Å²) in [5, 5.41) is 3.33. The van der Waals surface area contributed by atoms with Crippen molar-refractivity contribution in [2.24, 2.45) is 5.92 Å². The van der Waals surface area contributed by atoms with E-state index in [1.807, 2.05) is 0 Å². The van der Waals surface area contributed by atoms with E-state index in [1.165, 1.54) is 44.6 Å². The molecular formula is C21H25ClN2O5S. The van der Waals surface area contributed by atoms with Crippen LogP contribution in [-0.4, -0.2) is 28.5 Å². The molecular weight excluding hydrogens is 428 g/mol. The third kappa shape index (κ3) is 5.17. The van der Waals surface area contributed by atoms with Gasteiger partial charge in [0.1, 0.15) is 11.5 Å². The van der Waals surface area contributed by atoms with Crippen molar-refractivity contribution in [2.75, 3.05) is 24.3 Å². The Kier molecular flexibility index (Phi) is 7.10. The van der Waals surface area contributed by atoms with E-state index in [0.29, 0.717) is 16.5 Å². The molecule has 0 radical (unpaired) electrons. The summed E-state index contributed by atoms with van der Waals surface area (Å²) >= 11 is 5.84. The van der Waals surface area contributed by atoms with Gasteiger partial charge in [-0.25, -0.2) is 8.42 Å².